The third-order valence-corrected chi connectivity index (χ3v) is 9.06. The Morgan fingerprint density at radius 2 is 1.74 bits per heavy atom. The Bertz CT molecular complexity index is 1250. The summed E-state index contributed by atoms with van der Waals surface area (Å²) >= 11 is 0. The molecule has 2 aromatic rings. The zero-order chi connectivity index (χ0) is 27.2. The largest absolute Gasteiger partial charge is 0.508 e. The SMILES string of the molecule is CCCCCCC(C)(C)c1cc(O)c2c(c1)OC(C)(C)[C@H]1CC=C(CN3C(=O)c4ccccc4C3=O)CC21. The first-order valence-corrected chi connectivity index (χ1v) is 14.2. The number of hydrogen-bond donors (Lipinski definition) is 1. The molecule has 0 radical (unpaired) electrons. The number of aromatic hydroxyl groups is 1. The van der Waals surface area contributed by atoms with Crippen LogP contribution in [0.25, 0.3) is 0 Å². The number of phenols is 1. The van der Waals surface area contributed by atoms with Crippen LogP contribution in [0.2, 0.25) is 0 Å². The van der Waals surface area contributed by atoms with Gasteiger partial charge in [-0.3, -0.25) is 14.5 Å². The molecule has 2 amide bonds. The quantitative estimate of drug-likeness (QED) is 0.224. The first kappa shape index (κ1) is 26.5. The molecule has 202 valence electrons. The molecule has 38 heavy (non-hydrogen) atoms. The molecular weight excluding hydrogens is 474 g/mol. The van der Waals surface area contributed by atoms with Crippen molar-refractivity contribution in [1.82, 2.24) is 4.90 Å². The van der Waals surface area contributed by atoms with Crippen LogP contribution in [0, 0.1) is 5.92 Å². The number of fused-ring (bicyclic) bond motifs is 4. The Morgan fingerprint density at radius 3 is 2.39 bits per heavy atom. The maximum Gasteiger partial charge on any atom is 0.261 e. The monoisotopic (exact) mass is 515 g/mol. The Labute approximate surface area is 226 Å². The highest BCUT2D eigenvalue weighted by Crippen LogP contribution is 2.55. The van der Waals surface area contributed by atoms with Crippen LogP contribution >= 0.6 is 0 Å². The van der Waals surface area contributed by atoms with Gasteiger partial charge in [0, 0.05) is 17.4 Å². The molecule has 3 aliphatic rings. The van der Waals surface area contributed by atoms with Gasteiger partial charge in [-0.05, 0) is 68.4 Å². The Kier molecular flexibility index (Phi) is 6.91. The second-order valence-electron chi connectivity index (χ2n) is 12.6. The number of amides is 2. The third kappa shape index (κ3) is 4.65. The van der Waals surface area contributed by atoms with Crippen LogP contribution in [0.5, 0.6) is 11.5 Å². The van der Waals surface area contributed by atoms with Crippen LogP contribution < -0.4 is 4.74 Å². The van der Waals surface area contributed by atoms with Gasteiger partial charge < -0.3 is 9.84 Å². The molecule has 2 heterocycles. The highest BCUT2D eigenvalue weighted by atomic mass is 16.5. The van der Waals surface area contributed by atoms with Gasteiger partial charge in [-0.2, -0.15) is 0 Å². The van der Waals surface area contributed by atoms with Crippen molar-refractivity contribution in [1.29, 1.82) is 0 Å². The average molecular weight is 516 g/mol. The van der Waals surface area contributed by atoms with Gasteiger partial charge in [-0.25, -0.2) is 0 Å². The molecule has 0 saturated heterocycles. The number of allylic oxidation sites excluding steroid dienone is 1. The van der Waals surface area contributed by atoms with Gasteiger partial charge >= 0.3 is 0 Å². The standard InChI is InChI=1S/C33H41NO4/c1-6-7-8-11-16-32(2,3)22-18-27(35)29-25-17-21(14-15-26(25)33(4,5)38-28(29)19-22)20-34-30(36)23-12-9-10-13-24(23)31(34)37/h9-10,12-14,18-19,25-26,35H,6-8,11,15-17,20H2,1-5H3/t25?,26-/m0/s1. The van der Waals surface area contributed by atoms with E-state index in [4.69, 9.17) is 4.74 Å². The van der Waals surface area contributed by atoms with Crippen molar-refractivity contribution in [3.63, 3.8) is 0 Å². The van der Waals surface area contributed by atoms with Gasteiger partial charge in [0.1, 0.15) is 17.1 Å². The molecule has 0 aromatic heterocycles. The zero-order valence-electron chi connectivity index (χ0n) is 23.5. The summed E-state index contributed by atoms with van der Waals surface area (Å²) in [6.45, 7) is 11.3. The van der Waals surface area contributed by atoms with E-state index in [1.165, 1.54) is 30.6 Å². The fourth-order valence-electron chi connectivity index (χ4n) is 6.71. The molecule has 0 bridgehead atoms. The molecule has 5 nitrogen and oxygen atoms in total. The fraction of sp³-hybridized carbons (Fsp3) is 0.515. The summed E-state index contributed by atoms with van der Waals surface area (Å²) in [5.74, 6) is 0.872. The number of carbonyl (C=O) groups excluding carboxylic acids is 2. The Balaban J connectivity index is 1.40. The highest BCUT2D eigenvalue weighted by Gasteiger charge is 2.47. The fourth-order valence-corrected chi connectivity index (χ4v) is 6.71. The normalized spacial score (nSPS) is 21.9. The summed E-state index contributed by atoms with van der Waals surface area (Å²) in [7, 11) is 0. The second-order valence-corrected chi connectivity index (χ2v) is 12.6. The molecule has 2 aromatic carbocycles. The summed E-state index contributed by atoms with van der Waals surface area (Å²) in [6, 6.07) is 11.1. The van der Waals surface area contributed by atoms with Crippen molar-refractivity contribution in [2.45, 2.75) is 96.5 Å². The molecule has 0 fully saturated rings. The molecule has 1 N–H and O–H groups in total. The van der Waals surface area contributed by atoms with Crippen LogP contribution in [0.4, 0.5) is 0 Å². The van der Waals surface area contributed by atoms with Crippen molar-refractivity contribution in [3.05, 3.63) is 70.3 Å². The van der Waals surface area contributed by atoms with Gasteiger partial charge in [-0.15, -0.1) is 0 Å². The number of carbonyl (C=O) groups is 2. The lowest BCUT2D eigenvalue weighted by Crippen LogP contribution is -2.46. The zero-order valence-corrected chi connectivity index (χ0v) is 23.5. The van der Waals surface area contributed by atoms with Crippen LogP contribution in [0.1, 0.15) is 117 Å². The van der Waals surface area contributed by atoms with E-state index in [9.17, 15) is 14.7 Å². The first-order valence-electron chi connectivity index (χ1n) is 14.2. The molecule has 5 heteroatoms. The summed E-state index contributed by atoms with van der Waals surface area (Å²) in [4.78, 5) is 27.3. The van der Waals surface area contributed by atoms with E-state index in [2.05, 4.69) is 46.8 Å². The number of hydrogen-bond acceptors (Lipinski definition) is 4. The van der Waals surface area contributed by atoms with Crippen molar-refractivity contribution in [3.8, 4) is 11.5 Å². The molecule has 1 unspecified atom stereocenters. The van der Waals surface area contributed by atoms with Crippen molar-refractivity contribution < 1.29 is 19.4 Å². The predicted molar refractivity (Wildman–Crippen MR) is 150 cm³/mol. The number of benzene rings is 2. The molecule has 5 rings (SSSR count). The van der Waals surface area contributed by atoms with E-state index in [1.54, 1.807) is 24.3 Å². The third-order valence-electron chi connectivity index (χ3n) is 9.06. The molecule has 2 atom stereocenters. The summed E-state index contributed by atoms with van der Waals surface area (Å²) in [5.41, 5.74) is 3.53. The van der Waals surface area contributed by atoms with E-state index >= 15 is 0 Å². The predicted octanol–water partition coefficient (Wildman–Crippen LogP) is 7.53. The van der Waals surface area contributed by atoms with Crippen molar-refractivity contribution in [2.75, 3.05) is 6.54 Å². The summed E-state index contributed by atoms with van der Waals surface area (Å²) in [5, 5.41) is 11.4. The minimum atomic E-state index is -0.397. The topological polar surface area (TPSA) is 66.8 Å². The van der Waals surface area contributed by atoms with Gasteiger partial charge in [0.05, 0.1) is 17.7 Å². The summed E-state index contributed by atoms with van der Waals surface area (Å²) in [6.07, 6.45) is 9.57. The van der Waals surface area contributed by atoms with Crippen LogP contribution in [0.3, 0.4) is 0 Å². The van der Waals surface area contributed by atoms with Gasteiger partial charge in [-0.1, -0.05) is 70.2 Å². The first-order chi connectivity index (χ1) is 18.0. The van der Waals surface area contributed by atoms with Gasteiger partial charge in [0.15, 0.2) is 0 Å². The number of ether oxygens (including phenoxy) is 1. The minimum absolute atomic E-state index is 0.0608. The average Bonchev–Trinajstić information content (AvgIpc) is 3.11. The van der Waals surface area contributed by atoms with Crippen LogP contribution in [0.15, 0.2) is 48.0 Å². The lowest BCUT2D eigenvalue weighted by molar-refractivity contribution is 0.00683. The highest BCUT2D eigenvalue weighted by molar-refractivity contribution is 6.21. The number of phenolic OH excluding ortho intramolecular Hbond substituents is 1. The number of rotatable bonds is 8. The molecule has 2 aliphatic heterocycles. The van der Waals surface area contributed by atoms with E-state index in [-0.39, 0.29) is 35.6 Å². The van der Waals surface area contributed by atoms with E-state index < -0.39 is 5.60 Å². The van der Waals surface area contributed by atoms with Gasteiger partial charge in [0.2, 0.25) is 0 Å². The van der Waals surface area contributed by atoms with Crippen molar-refractivity contribution in [2.24, 2.45) is 5.92 Å². The molecular formula is C33H41NO4. The maximum atomic E-state index is 13.0. The Hall–Kier alpha value is -3.08. The molecule has 0 spiro atoms. The Morgan fingerprint density at radius 1 is 1.05 bits per heavy atom. The van der Waals surface area contributed by atoms with Crippen LogP contribution in [-0.4, -0.2) is 34.0 Å². The number of nitrogens with zero attached hydrogens (tertiary/aromatic N) is 1. The maximum absolute atomic E-state index is 13.0. The van der Waals surface area contributed by atoms with E-state index in [0.717, 1.165) is 35.3 Å². The van der Waals surface area contributed by atoms with E-state index in [0.29, 0.717) is 23.3 Å². The minimum Gasteiger partial charge on any atom is -0.508 e. The van der Waals surface area contributed by atoms with Crippen LogP contribution in [-0.2, 0) is 5.41 Å². The number of unbranched alkanes of at least 4 members (excludes halogenated alkanes) is 3. The second kappa shape index (κ2) is 9.91. The smallest absolute Gasteiger partial charge is 0.261 e. The molecule has 0 saturated carbocycles. The number of imide groups is 1. The molecule has 1 aliphatic carbocycles. The van der Waals surface area contributed by atoms with Crippen molar-refractivity contribution >= 4 is 11.8 Å². The van der Waals surface area contributed by atoms with Gasteiger partial charge in [0.25, 0.3) is 11.8 Å². The lowest BCUT2D eigenvalue weighted by atomic mass is 9.66. The van der Waals surface area contributed by atoms with E-state index in [1.807, 2.05) is 6.07 Å². The summed E-state index contributed by atoms with van der Waals surface area (Å²) < 4.78 is 6.59. The lowest BCUT2D eigenvalue weighted by Gasteiger charge is -2.47.